The summed E-state index contributed by atoms with van der Waals surface area (Å²) < 4.78 is 11.3. The molecule has 0 atom stereocenters. The molecule has 0 amide bonds. The van der Waals surface area contributed by atoms with Gasteiger partial charge >= 0.3 is 0 Å². The van der Waals surface area contributed by atoms with Crippen molar-refractivity contribution < 1.29 is 14.3 Å². The smallest absolute Gasteiger partial charge is 0.181 e. The summed E-state index contributed by atoms with van der Waals surface area (Å²) in [7, 11) is 0. The Bertz CT molecular complexity index is 596. The number of hydrogen-bond donors (Lipinski definition) is 0. The molecule has 0 heterocycles. The first-order valence-electron chi connectivity index (χ1n) is 6.83. The van der Waals surface area contributed by atoms with E-state index in [4.69, 9.17) is 21.1 Å². The maximum atomic E-state index is 11.9. The van der Waals surface area contributed by atoms with Crippen LogP contribution < -0.4 is 9.47 Å². The second-order valence-electron chi connectivity index (χ2n) is 4.48. The van der Waals surface area contributed by atoms with E-state index in [9.17, 15) is 4.79 Å². The molecule has 0 unspecified atom stereocenters. The van der Waals surface area contributed by atoms with Crippen LogP contribution in [0.4, 0.5) is 0 Å². The molecule has 3 nitrogen and oxygen atoms in total. The van der Waals surface area contributed by atoms with Crippen LogP contribution in [0.15, 0.2) is 48.5 Å². The number of halogens is 1. The first-order chi connectivity index (χ1) is 10.2. The summed E-state index contributed by atoms with van der Waals surface area (Å²) in [4.78, 5) is 11.9. The maximum Gasteiger partial charge on any atom is 0.181 e. The van der Waals surface area contributed by atoms with Gasteiger partial charge in [-0.15, -0.1) is 11.6 Å². The highest BCUT2D eigenvalue weighted by Crippen LogP contribution is 2.28. The lowest BCUT2D eigenvalue weighted by molar-refractivity contribution is 0.101. The van der Waals surface area contributed by atoms with E-state index < -0.39 is 0 Å². The van der Waals surface area contributed by atoms with Crippen LogP contribution in [0.1, 0.15) is 23.7 Å². The lowest BCUT2D eigenvalue weighted by Crippen LogP contribution is -2.06. The van der Waals surface area contributed by atoms with Crippen molar-refractivity contribution in [2.24, 2.45) is 0 Å². The van der Waals surface area contributed by atoms with Crippen LogP contribution in [0, 0.1) is 0 Å². The molecule has 0 bridgehead atoms. The van der Waals surface area contributed by atoms with E-state index in [0.717, 1.165) is 6.42 Å². The van der Waals surface area contributed by atoms with Crippen molar-refractivity contribution in [3.05, 3.63) is 54.1 Å². The average molecular weight is 305 g/mol. The largest absolute Gasteiger partial charge is 0.493 e. The second kappa shape index (κ2) is 7.70. The molecule has 0 aliphatic carbocycles. The summed E-state index contributed by atoms with van der Waals surface area (Å²) in [5.74, 6) is 1.57. The molecule has 0 fully saturated rings. The summed E-state index contributed by atoms with van der Waals surface area (Å²) >= 11 is 5.66. The topological polar surface area (TPSA) is 35.5 Å². The van der Waals surface area contributed by atoms with E-state index in [1.165, 1.54) is 0 Å². The van der Waals surface area contributed by atoms with Crippen LogP contribution in [-0.2, 0) is 0 Å². The standard InChI is InChI=1S/C17H17ClO3/c1-2-10-20-17-9-8-14(11-15(17)16(19)12-18)21-13-6-4-3-5-7-13/h3-9,11H,2,10,12H2,1H3. The van der Waals surface area contributed by atoms with Crippen molar-refractivity contribution in [2.75, 3.05) is 12.5 Å². The van der Waals surface area contributed by atoms with Gasteiger partial charge in [-0.3, -0.25) is 4.79 Å². The number of para-hydroxylation sites is 1. The van der Waals surface area contributed by atoms with E-state index in [2.05, 4.69) is 0 Å². The molecule has 2 rings (SSSR count). The molecule has 0 saturated carbocycles. The van der Waals surface area contributed by atoms with Gasteiger partial charge in [-0.2, -0.15) is 0 Å². The monoisotopic (exact) mass is 304 g/mol. The first-order valence-corrected chi connectivity index (χ1v) is 7.37. The van der Waals surface area contributed by atoms with Gasteiger partial charge in [0.05, 0.1) is 18.1 Å². The normalized spacial score (nSPS) is 10.2. The van der Waals surface area contributed by atoms with E-state index in [1.807, 2.05) is 37.3 Å². The second-order valence-corrected chi connectivity index (χ2v) is 4.75. The molecule has 0 aliphatic heterocycles. The zero-order valence-electron chi connectivity index (χ0n) is 11.8. The van der Waals surface area contributed by atoms with Gasteiger partial charge in [-0.05, 0) is 36.8 Å². The molecule has 0 radical (unpaired) electrons. The molecule has 21 heavy (non-hydrogen) atoms. The van der Waals surface area contributed by atoms with Crippen LogP contribution in [-0.4, -0.2) is 18.3 Å². The van der Waals surface area contributed by atoms with Gasteiger partial charge in [0.2, 0.25) is 0 Å². The summed E-state index contributed by atoms with van der Waals surface area (Å²) in [5.41, 5.74) is 0.451. The Kier molecular flexibility index (Phi) is 5.64. The SMILES string of the molecule is CCCOc1ccc(Oc2ccccc2)cc1C(=O)CCl. The van der Waals surface area contributed by atoms with Gasteiger partial charge in [0, 0.05) is 0 Å². The number of carbonyl (C=O) groups is 1. The van der Waals surface area contributed by atoms with Gasteiger partial charge in [-0.1, -0.05) is 25.1 Å². The average Bonchev–Trinajstić information content (AvgIpc) is 2.53. The van der Waals surface area contributed by atoms with Crippen molar-refractivity contribution in [3.63, 3.8) is 0 Å². The fourth-order valence-corrected chi connectivity index (χ4v) is 1.97. The molecule has 0 aliphatic rings. The quantitative estimate of drug-likeness (QED) is 0.550. The lowest BCUT2D eigenvalue weighted by Gasteiger charge is -2.12. The molecule has 0 aromatic heterocycles. The van der Waals surface area contributed by atoms with Crippen LogP contribution in [0.3, 0.4) is 0 Å². The summed E-state index contributed by atoms with van der Waals surface area (Å²) in [5, 5.41) is 0. The maximum absolute atomic E-state index is 11.9. The van der Waals surface area contributed by atoms with Gasteiger partial charge < -0.3 is 9.47 Å². The van der Waals surface area contributed by atoms with Crippen molar-refractivity contribution in [2.45, 2.75) is 13.3 Å². The fraction of sp³-hybridized carbons (Fsp3) is 0.235. The van der Waals surface area contributed by atoms with Gasteiger partial charge in [-0.25, -0.2) is 0 Å². The number of Topliss-reactive ketones (excluding diaryl/α,β-unsaturated/α-hetero) is 1. The highest BCUT2D eigenvalue weighted by molar-refractivity contribution is 6.30. The van der Waals surface area contributed by atoms with Crippen molar-refractivity contribution >= 4 is 17.4 Å². The Morgan fingerprint density at radius 2 is 1.86 bits per heavy atom. The molecule has 2 aromatic rings. The van der Waals surface area contributed by atoms with E-state index >= 15 is 0 Å². The first kappa shape index (κ1) is 15.4. The molecule has 2 aromatic carbocycles. The Morgan fingerprint density at radius 1 is 1.10 bits per heavy atom. The predicted octanol–water partition coefficient (Wildman–Crippen LogP) is 4.69. The minimum absolute atomic E-state index is 0.0860. The number of carbonyl (C=O) groups excluding carboxylic acids is 1. The Balaban J connectivity index is 2.26. The molecule has 0 N–H and O–H groups in total. The highest BCUT2D eigenvalue weighted by Gasteiger charge is 2.13. The van der Waals surface area contributed by atoms with Crippen LogP contribution in [0.5, 0.6) is 17.2 Å². The van der Waals surface area contributed by atoms with Crippen molar-refractivity contribution in [1.29, 1.82) is 0 Å². The zero-order chi connectivity index (χ0) is 15.1. The summed E-state index contributed by atoms with van der Waals surface area (Å²) in [6, 6.07) is 14.6. The zero-order valence-corrected chi connectivity index (χ0v) is 12.6. The number of alkyl halides is 1. The number of hydrogen-bond acceptors (Lipinski definition) is 3. The summed E-state index contributed by atoms with van der Waals surface area (Å²) in [6.07, 6.45) is 0.872. The highest BCUT2D eigenvalue weighted by atomic mass is 35.5. The number of benzene rings is 2. The van der Waals surface area contributed by atoms with Crippen LogP contribution >= 0.6 is 11.6 Å². The number of ketones is 1. The minimum Gasteiger partial charge on any atom is -0.493 e. The predicted molar refractivity (Wildman–Crippen MR) is 83.8 cm³/mol. The van der Waals surface area contributed by atoms with Crippen molar-refractivity contribution in [1.82, 2.24) is 0 Å². The number of ether oxygens (including phenoxy) is 2. The lowest BCUT2D eigenvalue weighted by atomic mass is 10.1. The van der Waals surface area contributed by atoms with Crippen LogP contribution in [0.25, 0.3) is 0 Å². The Hall–Kier alpha value is -2.00. The summed E-state index contributed by atoms with van der Waals surface area (Å²) in [6.45, 7) is 2.57. The third kappa shape index (κ3) is 4.23. The minimum atomic E-state index is -0.179. The Morgan fingerprint density at radius 3 is 2.52 bits per heavy atom. The van der Waals surface area contributed by atoms with Gasteiger partial charge in [0.25, 0.3) is 0 Å². The van der Waals surface area contributed by atoms with E-state index in [1.54, 1.807) is 18.2 Å². The fourth-order valence-electron chi connectivity index (χ4n) is 1.82. The molecule has 0 saturated heterocycles. The van der Waals surface area contributed by atoms with Gasteiger partial charge in [0.15, 0.2) is 5.78 Å². The van der Waals surface area contributed by atoms with E-state index in [-0.39, 0.29) is 11.7 Å². The van der Waals surface area contributed by atoms with Crippen molar-refractivity contribution in [3.8, 4) is 17.2 Å². The third-order valence-corrected chi connectivity index (χ3v) is 3.06. The number of rotatable bonds is 7. The molecular weight excluding hydrogens is 288 g/mol. The third-order valence-electron chi connectivity index (χ3n) is 2.81. The van der Waals surface area contributed by atoms with Gasteiger partial charge in [0.1, 0.15) is 17.2 Å². The molecular formula is C17H17ClO3. The van der Waals surface area contributed by atoms with E-state index in [0.29, 0.717) is 29.4 Å². The molecule has 4 heteroatoms. The molecule has 110 valence electrons. The Labute approximate surface area is 129 Å². The van der Waals surface area contributed by atoms with Crippen LogP contribution in [0.2, 0.25) is 0 Å². The molecule has 0 spiro atoms.